The van der Waals surface area contributed by atoms with E-state index in [1.807, 2.05) is 6.92 Å². The minimum absolute atomic E-state index is 0.107. The Hall–Kier alpha value is -1.98. The molecule has 1 amide bonds. The van der Waals surface area contributed by atoms with E-state index in [0.29, 0.717) is 0 Å². The highest BCUT2D eigenvalue weighted by atomic mass is 16.4. The topological polar surface area (TPSA) is 92.2 Å². The van der Waals surface area contributed by atoms with E-state index in [4.69, 9.17) is 5.11 Å². The van der Waals surface area contributed by atoms with Gasteiger partial charge in [0.05, 0.1) is 12.4 Å². The van der Waals surface area contributed by atoms with Gasteiger partial charge in [-0.3, -0.25) is 4.79 Å². The number of carbonyl (C=O) groups excluding carboxylic acids is 1. The molecule has 6 nitrogen and oxygen atoms in total. The van der Waals surface area contributed by atoms with E-state index in [2.05, 4.69) is 15.3 Å². The molecule has 1 aromatic heterocycles. The molecule has 18 heavy (non-hydrogen) atoms. The van der Waals surface area contributed by atoms with Crippen molar-refractivity contribution < 1.29 is 14.7 Å². The third-order valence-corrected chi connectivity index (χ3v) is 3.47. The lowest BCUT2D eigenvalue weighted by atomic mass is 9.75. The number of hydrogen-bond acceptors (Lipinski definition) is 4. The Morgan fingerprint density at radius 1 is 1.33 bits per heavy atom. The fraction of sp³-hybridized carbons (Fsp3) is 0.500. The quantitative estimate of drug-likeness (QED) is 0.837. The van der Waals surface area contributed by atoms with E-state index in [9.17, 15) is 9.59 Å². The summed E-state index contributed by atoms with van der Waals surface area (Å²) in [5.74, 6) is -1.44. The Morgan fingerprint density at radius 2 is 1.94 bits per heavy atom. The lowest BCUT2D eigenvalue weighted by molar-refractivity contribution is 0.0687. The van der Waals surface area contributed by atoms with Crippen LogP contribution < -0.4 is 5.32 Å². The Labute approximate surface area is 104 Å². The molecule has 0 radical (unpaired) electrons. The second-order valence-corrected chi connectivity index (χ2v) is 4.53. The van der Waals surface area contributed by atoms with Gasteiger partial charge in [0.1, 0.15) is 5.69 Å². The predicted octanol–water partition coefficient (Wildman–Crippen LogP) is 1.24. The van der Waals surface area contributed by atoms with Gasteiger partial charge in [0.2, 0.25) is 0 Å². The maximum Gasteiger partial charge on any atom is 0.356 e. The third kappa shape index (κ3) is 2.32. The molecule has 6 heteroatoms. The van der Waals surface area contributed by atoms with Crippen molar-refractivity contribution in [1.82, 2.24) is 15.3 Å². The van der Waals surface area contributed by atoms with E-state index in [0.717, 1.165) is 31.9 Å². The van der Waals surface area contributed by atoms with Gasteiger partial charge < -0.3 is 10.4 Å². The fourth-order valence-electron chi connectivity index (χ4n) is 2.03. The van der Waals surface area contributed by atoms with Gasteiger partial charge in [0.15, 0.2) is 5.69 Å². The fourth-order valence-corrected chi connectivity index (χ4v) is 2.03. The number of aromatic carboxylic acids is 1. The summed E-state index contributed by atoms with van der Waals surface area (Å²) < 4.78 is 0. The summed E-state index contributed by atoms with van der Waals surface area (Å²) in [5, 5.41) is 11.6. The molecule has 1 aliphatic rings. The molecule has 1 heterocycles. The Bertz CT molecular complexity index is 460. The SMILES string of the molecule is CCC1(NC(=O)c2cnc(C(=O)O)cn2)CCC1. The number of carboxylic acid groups (broad SMARTS) is 1. The first-order valence-corrected chi connectivity index (χ1v) is 5.94. The summed E-state index contributed by atoms with van der Waals surface area (Å²) >= 11 is 0. The van der Waals surface area contributed by atoms with Crippen LogP contribution in [0, 0.1) is 0 Å². The van der Waals surface area contributed by atoms with Crippen molar-refractivity contribution in [2.75, 3.05) is 0 Å². The Balaban J connectivity index is 2.07. The van der Waals surface area contributed by atoms with Crippen LogP contribution in [0.15, 0.2) is 12.4 Å². The average molecular weight is 249 g/mol. The van der Waals surface area contributed by atoms with Crippen molar-refractivity contribution in [2.24, 2.45) is 0 Å². The lowest BCUT2D eigenvalue weighted by Gasteiger charge is -2.41. The van der Waals surface area contributed by atoms with Gasteiger partial charge in [-0.1, -0.05) is 6.92 Å². The maximum atomic E-state index is 11.9. The first-order chi connectivity index (χ1) is 8.56. The first kappa shape index (κ1) is 12.5. The van der Waals surface area contributed by atoms with Crippen LogP contribution in [0.25, 0.3) is 0 Å². The first-order valence-electron chi connectivity index (χ1n) is 5.94. The second-order valence-electron chi connectivity index (χ2n) is 4.53. The second kappa shape index (κ2) is 4.72. The van der Waals surface area contributed by atoms with Gasteiger partial charge in [0.25, 0.3) is 5.91 Å². The molecule has 0 bridgehead atoms. The predicted molar refractivity (Wildman–Crippen MR) is 63.3 cm³/mol. The van der Waals surface area contributed by atoms with Crippen LogP contribution in [0.1, 0.15) is 53.6 Å². The van der Waals surface area contributed by atoms with Crippen LogP contribution in [-0.2, 0) is 0 Å². The zero-order valence-electron chi connectivity index (χ0n) is 10.1. The number of nitrogens with one attached hydrogen (secondary N) is 1. The van der Waals surface area contributed by atoms with E-state index < -0.39 is 5.97 Å². The number of nitrogens with zero attached hydrogens (tertiary/aromatic N) is 2. The molecule has 96 valence electrons. The van der Waals surface area contributed by atoms with Crippen molar-refractivity contribution in [3.05, 3.63) is 23.8 Å². The highest BCUT2D eigenvalue weighted by Crippen LogP contribution is 2.34. The van der Waals surface area contributed by atoms with Gasteiger partial charge in [-0.15, -0.1) is 0 Å². The highest BCUT2D eigenvalue weighted by Gasteiger charge is 2.36. The maximum absolute atomic E-state index is 11.9. The zero-order chi connectivity index (χ0) is 13.2. The van der Waals surface area contributed by atoms with E-state index >= 15 is 0 Å². The number of hydrogen-bond donors (Lipinski definition) is 2. The van der Waals surface area contributed by atoms with Crippen molar-refractivity contribution >= 4 is 11.9 Å². The number of rotatable bonds is 4. The third-order valence-electron chi connectivity index (χ3n) is 3.47. The molecule has 2 N–H and O–H groups in total. The molecule has 0 atom stereocenters. The monoisotopic (exact) mass is 249 g/mol. The van der Waals surface area contributed by atoms with Crippen LogP contribution in [0.3, 0.4) is 0 Å². The summed E-state index contributed by atoms with van der Waals surface area (Å²) in [4.78, 5) is 30.0. The molecular weight excluding hydrogens is 234 g/mol. The minimum atomic E-state index is -1.15. The van der Waals surface area contributed by atoms with Crippen LogP contribution in [0.5, 0.6) is 0 Å². The Kier molecular flexibility index (Phi) is 3.27. The van der Waals surface area contributed by atoms with E-state index in [1.54, 1.807) is 0 Å². The van der Waals surface area contributed by atoms with Crippen LogP contribution >= 0.6 is 0 Å². The van der Waals surface area contributed by atoms with Crippen molar-refractivity contribution in [3.8, 4) is 0 Å². The van der Waals surface area contributed by atoms with Gasteiger partial charge in [-0.2, -0.15) is 0 Å². The number of carboxylic acids is 1. The standard InChI is InChI=1S/C12H15N3O3/c1-2-12(4-3-5-12)15-10(16)8-6-14-9(7-13-8)11(17)18/h6-7H,2-5H2,1H3,(H,15,16)(H,17,18). The minimum Gasteiger partial charge on any atom is -0.476 e. The average Bonchev–Trinajstić information content (AvgIpc) is 2.33. The molecule has 1 saturated carbocycles. The van der Waals surface area contributed by atoms with Crippen molar-refractivity contribution in [1.29, 1.82) is 0 Å². The van der Waals surface area contributed by atoms with Crippen molar-refractivity contribution in [3.63, 3.8) is 0 Å². The molecular formula is C12H15N3O3. The molecule has 0 aliphatic heterocycles. The summed E-state index contributed by atoms with van der Waals surface area (Å²) in [6, 6.07) is 0. The molecule has 0 aromatic carbocycles. The van der Waals surface area contributed by atoms with Crippen LogP contribution in [0.2, 0.25) is 0 Å². The largest absolute Gasteiger partial charge is 0.476 e. The molecule has 0 saturated heterocycles. The van der Waals surface area contributed by atoms with Crippen LogP contribution in [0.4, 0.5) is 0 Å². The molecule has 1 fully saturated rings. The van der Waals surface area contributed by atoms with Crippen LogP contribution in [-0.4, -0.2) is 32.5 Å². The Morgan fingerprint density at radius 3 is 2.33 bits per heavy atom. The normalized spacial score (nSPS) is 16.7. The molecule has 1 aliphatic carbocycles. The summed E-state index contributed by atoms with van der Waals surface area (Å²) in [6.45, 7) is 2.04. The summed E-state index contributed by atoms with van der Waals surface area (Å²) in [5.41, 5.74) is -0.121. The number of carbonyl (C=O) groups is 2. The molecule has 0 spiro atoms. The summed E-state index contributed by atoms with van der Waals surface area (Å²) in [6.07, 6.45) is 6.26. The van der Waals surface area contributed by atoms with E-state index in [1.165, 1.54) is 6.20 Å². The van der Waals surface area contributed by atoms with E-state index in [-0.39, 0.29) is 22.8 Å². The lowest BCUT2D eigenvalue weighted by Crippen LogP contribution is -2.53. The van der Waals surface area contributed by atoms with Gasteiger partial charge in [-0.25, -0.2) is 14.8 Å². The number of amides is 1. The van der Waals surface area contributed by atoms with Gasteiger partial charge >= 0.3 is 5.97 Å². The summed E-state index contributed by atoms with van der Waals surface area (Å²) in [7, 11) is 0. The van der Waals surface area contributed by atoms with Gasteiger partial charge in [-0.05, 0) is 25.7 Å². The molecule has 1 aromatic rings. The molecule has 2 rings (SSSR count). The molecule has 0 unspecified atom stereocenters. The van der Waals surface area contributed by atoms with Crippen molar-refractivity contribution in [2.45, 2.75) is 38.1 Å². The smallest absolute Gasteiger partial charge is 0.356 e. The number of aromatic nitrogens is 2. The highest BCUT2D eigenvalue weighted by molar-refractivity contribution is 5.93. The van der Waals surface area contributed by atoms with Gasteiger partial charge in [0, 0.05) is 5.54 Å². The zero-order valence-corrected chi connectivity index (χ0v) is 10.1.